The zero-order valence-corrected chi connectivity index (χ0v) is 13.7. The molecule has 3 rings (SSSR count). The van der Waals surface area contributed by atoms with Gasteiger partial charge < -0.3 is 10.1 Å². The highest BCUT2D eigenvalue weighted by atomic mass is 16.5. The molecule has 0 atom stereocenters. The number of hydrogen-bond donors (Lipinski definition) is 1. The number of aromatic nitrogens is 2. The van der Waals surface area contributed by atoms with Crippen molar-refractivity contribution in [2.75, 3.05) is 12.4 Å². The van der Waals surface area contributed by atoms with E-state index in [0.29, 0.717) is 5.69 Å². The molecule has 0 saturated carbocycles. The lowest BCUT2D eigenvalue weighted by Crippen LogP contribution is -2.12. The lowest BCUT2D eigenvalue weighted by molar-refractivity contribution is -0.141. The van der Waals surface area contributed by atoms with Gasteiger partial charge in [-0.15, -0.1) is 0 Å². The Labute approximate surface area is 144 Å². The summed E-state index contributed by atoms with van der Waals surface area (Å²) in [7, 11) is 1.35. The van der Waals surface area contributed by atoms with Gasteiger partial charge in [-0.3, -0.25) is 14.3 Å². The second-order valence-corrected chi connectivity index (χ2v) is 5.43. The number of anilines is 1. The highest BCUT2D eigenvalue weighted by Crippen LogP contribution is 2.26. The highest BCUT2D eigenvalue weighted by molar-refractivity contribution is 5.99. The van der Waals surface area contributed by atoms with E-state index in [9.17, 15) is 9.59 Å². The molecule has 0 saturated heterocycles. The number of carbonyl (C=O) groups excluding carboxylic acids is 2. The van der Waals surface area contributed by atoms with Gasteiger partial charge in [-0.05, 0) is 35.4 Å². The number of methoxy groups -OCH3 is 1. The van der Waals surface area contributed by atoms with E-state index in [1.807, 2.05) is 42.5 Å². The fourth-order valence-electron chi connectivity index (χ4n) is 2.53. The molecule has 0 aliphatic rings. The highest BCUT2D eigenvalue weighted by Gasteiger charge is 2.09. The third kappa shape index (κ3) is 3.58. The van der Waals surface area contributed by atoms with E-state index in [4.69, 9.17) is 4.74 Å². The van der Waals surface area contributed by atoms with E-state index >= 15 is 0 Å². The Morgan fingerprint density at radius 3 is 2.80 bits per heavy atom. The van der Waals surface area contributed by atoms with Crippen LogP contribution < -0.4 is 5.32 Å². The molecule has 6 heteroatoms. The van der Waals surface area contributed by atoms with Gasteiger partial charge in [-0.2, -0.15) is 5.10 Å². The molecule has 1 N–H and O–H groups in total. The molecule has 2 aromatic carbocycles. The predicted molar refractivity (Wildman–Crippen MR) is 96.0 cm³/mol. The SMILES string of the molecule is C=CC(=O)Nc1cccc(-c2ccc3cnn(CC(=O)OC)c3c2)c1. The van der Waals surface area contributed by atoms with Gasteiger partial charge in [0.1, 0.15) is 6.54 Å². The molecule has 126 valence electrons. The monoisotopic (exact) mass is 335 g/mol. The number of ether oxygens (including phenoxy) is 1. The van der Waals surface area contributed by atoms with Crippen LogP contribution in [-0.2, 0) is 20.9 Å². The second kappa shape index (κ2) is 7.00. The van der Waals surface area contributed by atoms with Crippen molar-refractivity contribution in [2.24, 2.45) is 0 Å². The maximum absolute atomic E-state index is 11.5. The van der Waals surface area contributed by atoms with E-state index in [1.54, 1.807) is 10.9 Å². The fraction of sp³-hybridized carbons (Fsp3) is 0.105. The van der Waals surface area contributed by atoms with Crippen molar-refractivity contribution in [2.45, 2.75) is 6.54 Å². The molecule has 0 bridgehead atoms. The van der Waals surface area contributed by atoms with Crippen LogP contribution in [0.1, 0.15) is 0 Å². The second-order valence-electron chi connectivity index (χ2n) is 5.43. The molecule has 1 amide bonds. The van der Waals surface area contributed by atoms with Crippen molar-refractivity contribution in [3.05, 3.63) is 61.3 Å². The summed E-state index contributed by atoms with van der Waals surface area (Å²) in [4.78, 5) is 23.0. The summed E-state index contributed by atoms with van der Waals surface area (Å²) in [5.41, 5.74) is 3.41. The summed E-state index contributed by atoms with van der Waals surface area (Å²) < 4.78 is 6.31. The van der Waals surface area contributed by atoms with Crippen LogP contribution in [-0.4, -0.2) is 28.8 Å². The minimum atomic E-state index is -0.357. The number of amides is 1. The average molecular weight is 335 g/mol. The maximum Gasteiger partial charge on any atom is 0.327 e. The average Bonchev–Trinajstić information content (AvgIpc) is 3.03. The van der Waals surface area contributed by atoms with Gasteiger partial charge in [-0.1, -0.05) is 30.8 Å². The molecule has 3 aromatic rings. The number of hydrogen-bond acceptors (Lipinski definition) is 4. The number of fused-ring (bicyclic) bond motifs is 1. The molecule has 0 aliphatic heterocycles. The number of nitrogens with one attached hydrogen (secondary N) is 1. The number of benzene rings is 2. The van der Waals surface area contributed by atoms with Gasteiger partial charge in [0.25, 0.3) is 0 Å². The Kier molecular flexibility index (Phi) is 4.61. The van der Waals surface area contributed by atoms with Crippen LogP contribution in [0.3, 0.4) is 0 Å². The standard InChI is InChI=1S/C19H17N3O3/c1-3-18(23)21-16-6-4-5-13(9-16)14-7-8-15-11-20-22(17(15)10-14)12-19(24)25-2/h3-11H,1,12H2,2H3,(H,21,23). The topological polar surface area (TPSA) is 73.2 Å². The number of rotatable bonds is 5. The van der Waals surface area contributed by atoms with E-state index in [1.165, 1.54) is 13.2 Å². The summed E-state index contributed by atoms with van der Waals surface area (Å²) in [5, 5.41) is 7.91. The normalized spacial score (nSPS) is 10.4. The third-order valence-corrected chi connectivity index (χ3v) is 3.80. The van der Waals surface area contributed by atoms with E-state index in [-0.39, 0.29) is 18.4 Å². The van der Waals surface area contributed by atoms with Crippen LogP contribution in [0.4, 0.5) is 5.69 Å². The van der Waals surface area contributed by atoms with Crippen LogP contribution >= 0.6 is 0 Å². The third-order valence-electron chi connectivity index (χ3n) is 3.80. The molecule has 0 unspecified atom stereocenters. The first-order chi connectivity index (χ1) is 12.1. The smallest absolute Gasteiger partial charge is 0.327 e. The van der Waals surface area contributed by atoms with Crippen LogP contribution in [0.15, 0.2) is 61.3 Å². The Hall–Kier alpha value is -3.41. The largest absolute Gasteiger partial charge is 0.468 e. The minimum Gasteiger partial charge on any atom is -0.468 e. The van der Waals surface area contributed by atoms with E-state index in [0.717, 1.165) is 22.0 Å². The first-order valence-electron chi connectivity index (χ1n) is 7.67. The zero-order chi connectivity index (χ0) is 17.8. The molecular weight excluding hydrogens is 318 g/mol. The Morgan fingerprint density at radius 2 is 2.04 bits per heavy atom. The summed E-state index contributed by atoms with van der Waals surface area (Å²) >= 11 is 0. The Bertz CT molecular complexity index is 959. The van der Waals surface area contributed by atoms with Crippen molar-refractivity contribution < 1.29 is 14.3 Å². The van der Waals surface area contributed by atoms with Gasteiger partial charge in [0.05, 0.1) is 18.8 Å². The molecule has 1 aromatic heterocycles. The molecular formula is C19H17N3O3. The molecule has 0 aliphatic carbocycles. The van der Waals surface area contributed by atoms with E-state index < -0.39 is 0 Å². The lowest BCUT2D eigenvalue weighted by Gasteiger charge is -2.07. The van der Waals surface area contributed by atoms with Crippen molar-refractivity contribution >= 4 is 28.5 Å². The Balaban J connectivity index is 1.97. The lowest BCUT2D eigenvalue weighted by atomic mass is 10.0. The van der Waals surface area contributed by atoms with Crippen LogP contribution in [0, 0.1) is 0 Å². The quantitative estimate of drug-likeness (QED) is 0.575. The van der Waals surface area contributed by atoms with Crippen LogP contribution in [0.25, 0.3) is 22.0 Å². The maximum atomic E-state index is 11.5. The van der Waals surface area contributed by atoms with Gasteiger partial charge in [0.15, 0.2) is 0 Å². The van der Waals surface area contributed by atoms with Crippen molar-refractivity contribution in [1.29, 1.82) is 0 Å². The number of nitrogens with zero attached hydrogens (tertiary/aromatic N) is 2. The summed E-state index contributed by atoms with van der Waals surface area (Å²) in [6.45, 7) is 3.50. The van der Waals surface area contributed by atoms with Gasteiger partial charge in [-0.25, -0.2) is 0 Å². The van der Waals surface area contributed by atoms with Crippen LogP contribution in [0.2, 0.25) is 0 Å². The first kappa shape index (κ1) is 16.4. The molecule has 6 nitrogen and oxygen atoms in total. The van der Waals surface area contributed by atoms with Gasteiger partial charge in [0, 0.05) is 11.1 Å². The first-order valence-corrected chi connectivity index (χ1v) is 7.67. The molecule has 0 fully saturated rings. The van der Waals surface area contributed by atoms with Gasteiger partial charge in [0.2, 0.25) is 5.91 Å². The predicted octanol–water partition coefficient (Wildman–Crippen LogP) is 3.00. The van der Waals surface area contributed by atoms with Crippen molar-refractivity contribution in [3.63, 3.8) is 0 Å². The van der Waals surface area contributed by atoms with Crippen LogP contribution in [0.5, 0.6) is 0 Å². The molecule has 25 heavy (non-hydrogen) atoms. The Morgan fingerprint density at radius 1 is 1.24 bits per heavy atom. The zero-order valence-electron chi connectivity index (χ0n) is 13.7. The summed E-state index contributed by atoms with van der Waals surface area (Å²) in [6.07, 6.45) is 2.94. The van der Waals surface area contributed by atoms with E-state index in [2.05, 4.69) is 17.0 Å². The summed E-state index contributed by atoms with van der Waals surface area (Å²) in [5.74, 6) is -0.617. The number of esters is 1. The molecule has 0 spiro atoms. The fourth-order valence-corrected chi connectivity index (χ4v) is 2.53. The van der Waals surface area contributed by atoms with Crippen molar-refractivity contribution in [1.82, 2.24) is 9.78 Å². The van der Waals surface area contributed by atoms with Gasteiger partial charge >= 0.3 is 5.97 Å². The summed E-state index contributed by atoms with van der Waals surface area (Å²) in [6, 6.07) is 13.4. The van der Waals surface area contributed by atoms with Crippen molar-refractivity contribution in [3.8, 4) is 11.1 Å². The number of carbonyl (C=O) groups is 2. The molecule has 1 heterocycles. The minimum absolute atomic E-state index is 0.0544. The molecule has 0 radical (unpaired) electrons.